The van der Waals surface area contributed by atoms with Gasteiger partial charge in [0.2, 0.25) is 0 Å². The van der Waals surface area contributed by atoms with E-state index in [1.165, 1.54) is 31.4 Å². The molecular formula is C21H20N2O4S. The van der Waals surface area contributed by atoms with Gasteiger partial charge in [0.25, 0.3) is 15.9 Å². The van der Waals surface area contributed by atoms with Crippen molar-refractivity contribution in [3.63, 3.8) is 0 Å². The lowest BCUT2D eigenvalue weighted by atomic mass is 10.2. The van der Waals surface area contributed by atoms with Gasteiger partial charge in [-0.1, -0.05) is 23.8 Å². The van der Waals surface area contributed by atoms with Gasteiger partial charge in [0.1, 0.15) is 5.75 Å². The van der Waals surface area contributed by atoms with Crippen LogP contribution in [0, 0.1) is 6.92 Å². The molecule has 0 saturated carbocycles. The van der Waals surface area contributed by atoms with Gasteiger partial charge in [-0.2, -0.15) is 0 Å². The molecule has 7 heteroatoms. The fourth-order valence-corrected chi connectivity index (χ4v) is 3.58. The number of hydrogen-bond donors (Lipinski definition) is 2. The number of ether oxygens (including phenoxy) is 1. The first-order valence-electron chi connectivity index (χ1n) is 8.52. The van der Waals surface area contributed by atoms with Crippen molar-refractivity contribution in [3.05, 3.63) is 83.9 Å². The third-order valence-corrected chi connectivity index (χ3v) is 5.46. The van der Waals surface area contributed by atoms with Crippen molar-refractivity contribution in [2.24, 2.45) is 0 Å². The number of methoxy groups -OCH3 is 1. The number of hydrogen-bond acceptors (Lipinski definition) is 4. The molecule has 0 aliphatic carbocycles. The molecule has 144 valence electrons. The molecule has 1 amide bonds. The molecule has 3 aromatic carbocycles. The van der Waals surface area contributed by atoms with Crippen molar-refractivity contribution in [3.8, 4) is 5.75 Å². The molecule has 0 aliphatic heterocycles. The number of nitrogens with one attached hydrogen (secondary N) is 2. The van der Waals surface area contributed by atoms with E-state index in [0.717, 1.165) is 5.56 Å². The first-order chi connectivity index (χ1) is 13.4. The van der Waals surface area contributed by atoms with E-state index < -0.39 is 10.0 Å². The Hall–Kier alpha value is -3.32. The summed E-state index contributed by atoms with van der Waals surface area (Å²) in [5.74, 6) is 0.233. The maximum atomic E-state index is 12.6. The largest absolute Gasteiger partial charge is 0.497 e. The predicted octanol–water partition coefficient (Wildman–Crippen LogP) is 4.06. The number of anilines is 2. The fourth-order valence-electron chi connectivity index (χ4n) is 2.53. The topological polar surface area (TPSA) is 84.5 Å². The molecule has 0 heterocycles. The van der Waals surface area contributed by atoms with Gasteiger partial charge >= 0.3 is 0 Å². The standard InChI is InChI=1S/C21H20N2O4S/c1-15-6-10-17(11-7-15)22-21(24)16-8-12-20(13-9-16)28(25,26)23-18-4-3-5-19(14-18)27-2/h3-14,23H,1-2H3,(H,22,24). The van der Waals surface area contributed by atoms with Crippen molar-refractivity contribution >= 4 is 27.3 Å². The van der Waals surface area contributed by atoms with Crippen LogP contribution in [0.2, 0.25) is 0 Å². The molecule has 3 aromatic rings. The van der Waals surface area contributed by atoms with Crippen molar-refractivity contribution < 1.29 is 17.9 Å². The summed E-state index contributed by atoms with van der Waals surface area (Å²) < 4.78 is 32.7. The van der Waals surface area contributed by atoms with Gasteiger partial charge in [-0.15, -0.1) is 0 Å². The first kappa shape index (κ1) is 19.4. The van der Waals surface area contributed by atoms with Crippen LogP contribution in [0.15, 0.2) is 77.7 Å². The minimum atomic E-state index is -3.78. The number of amides is 1. The second kappa shape index (κ2) is 8.14. The van der Waals surface area contributed by atoms with Gasteiger partial charge in [0, 0.05) is 17.3 Å². The van der Waals surface area contributed by atoms with E-state index in [1.807, 2.05) is 31.2 Å². The van der Waals surface area contributed by atoms with E-state index in [9.17, 15) is 13.2 Å². The maximum absolute atomic E-state index is 12.6. The second-order valence-electron chi connectivity index (χ2n) is 6.18. The molecule has 6 nitrogen and oxygen atoms in total. The maximum Gasteiger partial charge on any atom is 0.261 e. The Bertz CT molecular complexity index is 1080. The SMILES string of the molecule is COc1cccc(NS(=O)(=O)c2ccc(C(=O)Nc3ccc(C)cc3)cc2)c1. The van der Waals surface area contributed by atoms with Crippen LogP contribution in [0.1, 0.15) is 15.9 Å². The van der Waals surface area contributed by atoms with Crippen molar-refractivity contribution in [1.29, 1.82) is 0 Å². The summed E-state index contributed by atoms with van der Waals surface area (Å²) in [4.78, 5) is 12.4. The van der Waals surface area contributed by atoms with Gasteiger partial charge in [-0.05, 0) is 55.5 Å². The zero-order chi connectivity index (χ0) is 20.1. The molecule has 3 rings (SSSR count). The Kier molecular flexibility index (Phi) is 5.65. The molecule has 28 heavy (non-hydrogen) atoms. The van der Waals surface area contributed by atoms with Crippen LogP contribution >= 0.6 is 0 Å². The molecule has 0 bridgehead atoms. The van der Waals surface area contributed by atoms with Gasteiger partial charge in [0.15, 0.2) is 0 Å². The molecule has 0 atom stereocenters. The summed E-state index contributed by atoms with van der Waals surface area (Å²) in [6, 6.07) is 19.8. The summed E-state index contributed by atoms with van der Waals surface area (Å²) in [6.45, 7) is 1.96. The van der Waals surface area contributed by atoms with Gasteiger partial charge in [-0.25, -0.2) is 8.42 Å². The third kappa shape index (κ3) is 4.69. The minimum absolute atomic E-state index is 0.0576. The number of carbonyl (C=O) groups is 1. The zero-order valence-corrected chi connectivity index (χ0v) is 16.3. The van der Waals surface area contributed by atoms with E-state index in [-0.39, 0.29) is 10.8 Å². The van der Waals surface area contributed by atoms with Crippen LogP contribution in [0.25, 0.3) is 0 Å². The Morgan fingerprint density at radius 3 is 2.21 bits per heavy atom. The lowest BCUT2D eigenvalue weighted by molar-refractivity contribution is 0.102. The minimum Gasteiger partial charge on any atom is -0.497 e. The van der Waals surface area contributed by atoms with Crippen LogP contribution in [0.4, 0.5) is 11.4 Å². The normalized spacial score (nSPS) is 10.9. The van der Waals surface area contributed by atoms with Gasteiger partial charge < -0.3 is 10.1 Å². The van der Waals surface area contributed by atoms with Crippen LogP contribution in [-0.4, -0.2) is 21.4 Å². The zero-order valence-electron chi connectivity index (χ0n) is 15.5. The molecule has 0 spiro atoms. The van der Waals surface area contributed by atoms with Crippen LogP contribution < -0.4 is 14.8 Å². The summed E-state index contributed by atoms with van der Waals surface area (Å²) in [6.07, 6.45) is 0. The molecular weight excluding hydrogens is 376 g/mol. The Morgan fingerprint density at radius 2 is 1.57 bits per heavy atom. The lowest BCUT2D eigenvalue weighted by Crippen LogP contribution is -2.14. The number of sulfonamides is 1. The number of rotatable bonds is 6. The first-order valence-corrected chi connectivity index (χ1v) is 10.0. The molecule has 0 radical (unpaired) electrons. The highest BCUT2D eigenvalue weighted by Crippen LogP contribution is 2.21. The monoisotopic (exact) mass is 396 g/mol. The Morgan fingerprint density at radius 1 is 0.893 bits per heavy atom. The average molecular weight is 396 g/mol. The van der Waals surface area contributed by atoms with E-state index >= 15 is 0 Å². The highest BCUT2D eigenvalue weighted by molar-refractivity contribution is 7.92. The van der Waals surface area contributed by atoms with Crippen LogP contribution in [0.5, 0.6) is 5.75 Å². The van der Waals surface area contributed by atoms with Gasteiger partial charge in [0.05, 0.1) is 17.7 Å². The molecule has 2 N–H and O–H groups in total. The molecule has 0 fully saturated rings. The highest BCUT2D eigenvalue weighted by Gasteiger charge is 2.15. The highest BCUT2D eigenvalue weighted by atomic mass is 32.2. The predicted molar refractivity (Wildman–Crippen MR) is 109 cm³/mol. The van der Waals surface area contributed by atoms with E-state index in [0.29, 0.717) is 22.7 Å². The Labute approximate surface area is 164 Å². The lowest BCUT2D eigenvalue weighted by Gasteiger charge is -2.10. The molecule has 0 saturated heterocycles. The number of carbonyl (C=O) groups excluding carboxylic acids is 1. The third-order valence-electron chi connectivity index (χ3n) is 4.06. The number of aryl methyl sites for hydroxylation is 1. The summed E-state index contributed by atoms with van der Waals surface area (Å²) in [5, 5.41) is 2.78. The van der Waals surface area contributed by atoms with Crippen molar-refractivity contribution in [1.82, 2.24) is 0 Å². The molecule has 0 aliphatic rings. The average Bonchev–Trinajstić information content (AvgIpc) is 2.69. The van der Waals surface area contributed by atoms with Crippen molar-refractivity contribution in [2.75, 3.05) is 17.1 Å². The molecule has 0 aromatic heterocycles. The van der Waals surface area contributed by atoms with E-state index in [1.54, 1.807) is 24.3 Å². The summed E-state index contributed by atoms with van der Waals surface area (Å²) in [7, 11) is -2.27. The number of benzene rings is 3. The molecule has 0 unspecified atom stereocenters. The van der Waals surface area contributed by atoms with E-state index in [2.05, 4.69) is 10.0 Å². The van der Waals surface area contributed by atoms with Crippen LogP contribution in [-0.2, 0) is 10.0 Å². The van der Waals surface area contributed by atoms with E-state index in [4.69, 9.17) is 4.74 Å². The van der Waals surface area contributed by atoms with Crippen LogP contribution in [0.3, 0.4) is 0 Å². The van der Waals surface area contributed by atoms with Gasteiger partial charge in [-0.3, -0.25) is 9.52 Å². The second-order valence-corrected chi connectivity index (χ2v) is 7.86. The smallest absolute Gasteiger partial charge is 0.261 e. The summed E-state index contributed by atoms with van der Waals surface area (Å²) >= 11 is 0. The summed E-state index contributed by atoms with van der Waals surface area (Å²) in [5.41, 5.74) is 2.52. The quantitative estimate of drug-likeness (QED) is 0.658. The Balaban J connectivity index is 1.73. The van der Waals surface area contributed by atoms with Crippen molar-refractivity contribution in [2.45, 2.75) is 11.8 Å². The fraction of sp³-hybridized carbons (Fsp3) is 0.0952.